The second kappa shape index (κ2) is 4.62. The van der Waals surface area contributed by atoms with Gasteiger partial charge in [0.1, 0.15) is 11.6 Å². The molecule has 1 aromatic carbocycles. The minimum atomic E-state index is -0.471. The lowest BCUT2D eigenvalue weighted by Gasteiger charge is -2.13. The summed E-state index contributed by atoms with van der Waals surface area (Å²) < 4.78 is 18.2. The van der Waals surface area contributed by atoms with E-state index in [1.807, 2.05) is 6.92 Å². The first-order valence-electron chi connectivity index (χ1n) is 4.33. The highest BCUT2D eigenvalue weighted by atomic mass is 35.5. The van der Waals surface area contributed by atoms with Crippen LogP contribution in [0.25, 0.3) is 0 Å². The number of halogens is 2. The van der Waals surface area contributed by atoms with Gasteiger partial charge in [0, 0.05) is 6.07 Å². The van der Waals surface area contributed by atoms with Crippen LogP contribution in [0, 0.1) is 5.82 Å². The molecule has 0 bridgehead atoms. The molecule has 0 radical (unpaired) electrons. The fraction of sp³-hybridized carbons (Fsp3) is 0.400. The molecule has 2 nitrogen and oxygen atoms in total. The first-order chi connectivity index (χ1) is 6.60. The lowest BCUT2D eigenvalue weighted by atomic mass is 10.0. The molecule has 0 saturated carbocycles. The maximum atomic E-state index is 13.3. The minimum Gasteiger partial charge on any atom is -0.497 e. The average Bonchev–Trinajstić information content (AvgIpc) is 2.20. The van der Waals surface area contributed by atoms with Crippen LogP contribution in [0.5, 0.6) is 5.75 Å². The fourth-order valence-electron chi connectivity index (χ4n) is 1.19. The zero-order chi connectivity index (χ0) is 10.7. The van der Waals surface area contributed by atoms with Gasteiger partial charge in [-0.2, -0.15) is 0 Å². The first-order valence-corrected chi connectivity index (χ1v) is 4.71. The van der Waals surface area contributed by atoms with Crippen molar-refractivity contribution < 1.29 is 9.13 Å². The number of benzene rings is 1. The molecule has 0 aliphatic heterocycles. The molecular formula is C10H13ClFNO. The average molecular weight is 218 g/mol. The van der Waals surface area contributed by atoms with Crippen LogP contribution in [0.2, 0.25) is 5.02 Å². The molecule has 0 heterocycles. The summed E-state index contributed by atoms with van der Waals surface area (Å²) in [4.78, 5) is 0. The Morgan fingerprint density at radius 3 is 2.71 bits per heavy atom. The number of methoxy groups -OCH3 is 1. The van der Waals surface area contributed by atoms with Crippen molar-refractivity contribution in [1.29, 1.82) is 0 Å². The van der Waals surface area contributed by atoms with Crippen LogP contribution < -0.4 is 10.5 Å². The molecule has 0 spiro atoms. The molecule has 78 valence electrons. The Morgan fingerprint density at radius 1 is 1.57 bits per heavy atom. The second-order valence-electron chi connectivity index (χ2n) is 3.15. The molecule has 14 heavy (non-hydrogen) atoms. The van der Waals surface area contributed by atoms with Crippen molar-refractivity contribution in [3.63, 3.8) is 0 Å². The third-order valence-electron chi connectivity index (χ3n) is 2.15. The van der Waals surface area contributed by atoms with Crippen molar-refractivity contribution in [3.8, 4) is 5.75 Å². The summed E-state index contributed by atoms with van der Waals surface area (Å²) in [5.74, 6) is 0.00983. The Balaban J connectivity index is 3.20. The quantitative estimate of drug-likeness (QED) is 0.845. The van der Waals surface area contributed by atoms with E-state index in [0.29, 0.717) is 17.9 Å². The van der Waals surface area contributed by atoms with E-state index in [-0.39, 0.29) is 10.9 Å². The van der Waals surface area contributed by atoms with Crippen LogP contribution in [-0.2, 0) is 0 Å². The normalized spacial score (nSPS) is 12.6. The monoisotopic (exact) mass is 217 g/mol. The summed E-state index contributed by atoms with van der Waals surface area (Å²) in [6.45, 7) is 2.31. The molecule has 0 aliphatic carbocycles. The minimum absolute atomic E-state index is 0.0205. The molecule has 1 aromatic rings. The molecular weight excluding hydrogens is 205 g/mol. The smallest absolute Gasteiger partial charge is 0.145 e. The summed E-state index contributed by atoms with van der Waals surface area (Å²) in [6.07, 6.45) is 0. The van der Waals surface area contributed by atoms with Crippen LogP contribution >= 0.6 is 11.6 Å². The Morgan fingerprint density at radius 2 is 2.21 bits per heavy atom. The van der Waals surface area contributed by atoms with E-state index in [2.05, 4.69) is 0 Å². The number of hydrogen-bond acceptors (Lipinski definition) is 2. The molecule has 1 rings (SSSR count). The van der Waals surface area contributed by atoms with Crippen molar-refractivity contribution in [2.45, 2.75) is 12.8 Å². The molecule has 0 aromatic heterocycles. The van der Waals surface area contributed by atoms with Gasteiger partial charge in [-0.15, -0.1) is 0 Å². The van der Waals surface area contributed by atoms with Crippen LogP contribution in [0.15, 0.2) is 12.1 Å². The summed E-state index contributed by atoms with van der Waals surface area (Å²) >= 11 is 5.81. The van der Waals surface area contributed by atoms with Gasteiger partial charge in [-0.25, -0.2) is 4.39 Å². The van der Waals surface area contributed by atoms with E-state index >= 15 is 0 Å². The molecule has 0 amide bonds. The van der Waals surface area contributed by atoms with Crippen molar-refractivity contribution in [3.05, 3.63) is 28.5 Å². The van der Waals surface area contributed by atoms with Crippen molar-refractivity contribution in [2.24, 2.45) is 5.73 Å². The molecule has 1 atom stereocenters. The van der Waals surface area contributed by atoms with Crippen LogP contribution in [0.4, 0.5) is 4.39 Å². The van der Waals surface area contributed by atoms with E-state index in [1.165, 1.54) is 13.2 Å². The molecule has 0 fully saturated rings. The Hall–Kier alpha value is -0.800. The third kappa shape index (κ3) is 2.16. The topological polar surface area (TPSA) is 35.2 Å². The van der Waals surface area contributed by atoms with Crippen LogP contribution in [0.1, 0.15) is 18.4 Å². The highest BCUT2D eigenvalue weighted by Crippen LogP contribution is 2.30. The number of hydrogen-bond donors (Lipinski definition) is 1. The largest absolute Gasteiger partial charge is 0.497 e. The van der Waals surface area contributed by atoms with Crippen LogP contribution in [0.3, 0.4) is 0 Å². The number of rotatable bonds is 3. The van der Waals surface area contributed by atoms with Gasteiger partial charge in [0.15, 0.2) is 0 Å². The van der Waals surface area contributed by atoms with E-state index < -0.39 is 5.82 Å². The first kappa shape index (κ1) is 11.3. The summed E-state index contributed by atoms with van der Waals surface area (Å²) in [6, 6.07) is 2.97. The SMILES string of the molecule is COc1cc(F)c(Cl)c(C(C)CN)c1. The standard InChI is InChI=1S/C10H13ClFNO/c1-6(5-13)8-3-7(14-2)4-9(12)10(8)11/h3-4,6H,5,13H2,1-2H3. The van der Waals surface area contributed by atoms with Gasteiger partial charge >= 0.3 is 0 Å². The van der Waals surface area contributed by atoms with Gasteiger partial charge < -0.3 is 10.5 Å². The van der Waals surface area contributed by atoms with Gasteiger partial charge in [-0.1, -0.05) is 18.5 Å². The molecule has 4 heteroatoms. The summed E-state index contributed by atoms with van der Waals surface area (Å²) in [7, 11) is 1.49. The number of nitrogens with two attached hydrogens (primary N) is 1. The highest BCUT2D eigenvalue weighted by molar-refractivity contribution is 6.31. The lowest BCUT2D eigenvalue weighted by Crippen LogP contribution is -2.10. The Bertz CT molecular complexity index is 330. The zero-order valence-corrected chi connectivity index (χ0v) is 8.94. The Kier molecular flexibility index (Phi) is 3.72. The fourth-order valence-corrected chi connectivity index (χ4v) is 1.48. The van der Waals surface area contributed by atoms with Gasteiger partial charge in [-0.3, -0.25) is 0 Å². The van der Waals surface area contributed by atoms with E-state index in [9.17, 15) is 4.39 Å². The van der Waals surface area contributed by atoms with Gasteiger partial charge in [0.25, 0.3) is 0 Å². The van der Waals surface area contributed by atoms with E-state index in [0.717, 1.165) is 0 Å². The molecule has 1 unspecified atom stereocenters. The summed E-state index contributed by atoms with van der Waals surface area (Å²) in [5, 5.41) is 0.128. The van der Waals surface area contributed by atoms with Gasteiger partial charge in [0.2, 0.25) is 0 Å². The summed E-state index contributed by atoms with van der Waals surface area (Å²) in [5.41, 5.74) is 6.18. The predicted molar refractivity (Wildman–Crippen MR) is 55.4 cm³/mol. The number of ether oxygens (including phenoxy) is 1. The molecule has 0 saturated heterocycles. The maximum Gasteiger partial charge on any atom is 0.145 e. The predicted octanol–water partition coefficient (Wildman–Crippen LogP) is 2.55. The van der Waals surface area contributed by atoms with Crippen molar-refractivity contribution in [1.82, 2.24) is 0 Å². The molecule has 2 N–H and O–H groups in total. The molecule has 0 aliphatic rings. The van der Waals surface area contributed by atoms with Crippen molar-refractivity contribution in [2.75, 3.05) is 13.7 Å². The Labute approximate surface area is 87.8 Å². The van der Waals surface area contributed by atoms with Gasteiger partial charge in [-0.05, 0) is 24.1 Å². The van der Waals surface area contributed by atoms with E-state index in [4.69, 9.17) is 22.1 Å². The maximum absolute atomic E-state index is 13.3. The lowest BCUT2D eigenvalue weighted by molar-refractivity contribution is 0.410. The zero-order valence-electron chi connectivity index (χ0n) is 8.18. The highest BCUT2D eigenvalue weighted by Gasteiger charge is 2.13. The van der Waals surface area contributed by atoms with E-state index in [1.54, 1.807) is 6.07 Å². The van der Waals surface area contributed by atoms with Gasteiger partial charge in [0.05, 0.1) is 12.1 Å². The third-order valence-corrected chi connectivity index (χ3v) is 2.55. The second-order valence-corrected chi connectivity index (χ2v) is 3.53. The van der Waals surface area contributed by atoms with Crippen LogP contribution in [-0.4, -0.2) is 13.7 Å². The van der Waals surface area contributed by atoms with Crippen molar-refractivity contribution >= 4 is 11.6 Å².